The maximum atomic E-state index is 14.2. The van der Waals surface area contributed by atoms with E-state index < -0.39 is 39.0 Å². The van der Waals surface area contributed by atoms with Crippen LogP contribution in [0.4, 0.5) is 20.2 Å². The normalized spacial score (nSPS) is 18.1. The quantitative estimate of drug-likeness (QED) is 0.390. The lowest BCUT2D eigenvalue weighted by Crippen LogP contribution is -2.55. The van der Waals surface area contributed by atoms with Gasteiger partial charge in [0.25, 0.3) is 15.9 Å². The van der Waals surface area contributed by atoms with E-state index in [2.05, 4.69) is 5.32 Å². The van der Waals surface area contributed by atoms with Crippen LogP contribution in [0.1, 0.15) is 49.5 Å². The number of anilines is 2. The number of piperidine rings is 1. The fourth-order valence-electron chi connectivity index (χ4n) is 6.30. The molecule has 2 amide bonds. The maximum Gasteiger partial charge on any atom is 0.264 e. The third kappa shape index (κ3) is 5.08. The maximum absolute atomic E-state index is 14.2. The van der Waals surface area contributed by atoms with Gasteiger partial charge in [-0.3, -0.25) is 13.9 Å². The van der Waals surface area contributed by atoms with E-state index in [0.717, 1.165) is 29.8 Å². The Kier molecular flexibility index (Phi) is 7.59. The summed E-state index contributed by atoms with van der Waals surface area (Å²) in [6.07, 6.45) is 1.01. The van der Waals surface area contributed by atoms with E-state index in [4.69, 9.17) is 11.6 Å². The fraction of sp³-hybridized carbons (Fsp3) is 0.333. The molecule has 1 fully saturated rings. The van der Waals surface area contributed by atoms with E-state index in [0.29, 0.717) is 37.3 Å². The van der Waals surface area contributed by atoms with Gasteiger partial charge >= 0.3 is 0 Å². The van der Waals surface area contributed by atoms with Crippen molar-refractivity contribution in [3.05, 3.63) is 88.4 Å². The summed E-state index contributed by atoms with van der Waals surface area (Å²) in [4.78, 5) is 26.9. The van der Waals surface area contributed by atoms with Gasteiger partial charge in [0.2, 0.25) is 5.91 Å². The first kappa shape index (κ1) is 29.0. The number of sulfonamides is 1. The molecular weight excluding hydrogens is 572 g/mol. The summed E-state index contributed by atoms with van der Waals surface area (Å²) in [5, 5.41) is 2.87. The highest BCUT2D eigenvalue weighted by Gasteiger charge is 2.56. The molecule has 5 rings (SSSR count). The molecule has 0 aromatic heterocycles. The predicted octanol–water partition coefficient (Wildman–Crippen LogP) is 5.98. The van der Waals surface area contributed by atoms with Gasteiger partial charge in [0.1, 0.15) is 11.6 Å². The highest BCUT2D eigenvalue weighted by atomic mass is 35.5. The Morgan fingerprint density at radius 1 is 0.976 bits per heavy atom. The van der Waals surface area contributed by atoms with Crippen molar-refractivity contribution in [3.8, 4) is 0 Å². The molecule has 1 N–H and O–H groups in total. The number of nitrogens with one attached hydrogen (secondary N) is 1. The van der Waals surface area contributed by atoms with Gasteiger partial charge in [0, 0.05) is 31.1 Å². The highest BCUT2D eigenvalue weighted by Crippen LogP contribution is 2.55. The first-order valence-electron chi connectivity index (χ1n) is 13.3. The molecule has 0 bridgehead atoms. The summed E-state index contributed by atoms with van der Waals surface area (Å²) in [7, 11) is -4.12. The largest absolute Gasteiger partial charge is 0.343 e. The Morgan fingerprint density at radius 2 is 1.61 bits per heavy atom. The number of hydrogen-bond acceptors (Lipinski definition) is 4. The molecule has 0 saturated carbocycles. The SMILES string of the molecule is CC(=O)N1CCC2(CC1)c1cc(NC(=O)c3cc(F)ccc3Cl)ccc1N(S(=O)(=O)c1ccc(F)cc1)C2C(C)C. The van der Waals surface area contributed by atoms with Gasteiger partial charge in [0.05, 0.1) is 27.2 Å². The van der Waals surface area contributed by atoms with Crippen LogP contribution in [0.3, 0.4) is 0 Å². The van der Waals surface area contributed by atoms with Crippen LogP contribution in [0, 0.1) is 17.6 Å². The van der Waals surface area contributed by atoms with E-state index in [1.54, 1.807) is 23.1 Å². The second kappa shape index (κ2) is 10.7. The Balaban J connectivity index is 1.63. The molecule has 2 aliphatic heterocycles. The lowest BCUT2D eigenvalue weighted by Gasteiger charge is -2.46. The number of rotatable bonds is 5. The minimum atomic E-state index is -4.12. The lowest BCUT2D eigenvalue weighted by atomic mass is 9.66. The van der Waals surface area contributed by atoms with E-state index in [-0.39, 0.29) is 27.3 Å². The Bertz CT molecular complexity index is 1620. The summed E-state index contributed by atoms with van der Waals surface area (Å²) in [6.45, 7) is 6.31. The second-order valence-electron chi connectivity index (χ2n) is 10.9. The smallest absolute Gasteiger partial charge is 0.264 e. The third-order valence-electron chi connectivity index (χ3n) is 8.12. The summed E-state index contributed by atoms with van der Waals surface area (Å²) in [5.41, 5.74) is 0.891. The number of likely N-dealkylation sites (tertiary alicyclic amines) is 1. The van der Waals surface area contributed by atoms with E-state index in [9.17, 15) is 26.8 Å². The van der Waals surface area contributed by atoms with Crippen molar-refractivity contribution in [2.24, 2.45) is 5.92 Å². The number of benzene rings is 3. The van der Waals surface area contributed by atoms with E-state index >= 15 is 0 Å². The molecule has 2 heterocycles. The molecule has 1 atom stereocenters. The topological polar surface area (TPSA) is 86.8 Å². The number of carbonyl (C=O) groups excluding carboxylic acids is 2. The van der Waals surface area contributed by atoms with Gasteiger partial charge in [-0.25, -0.2) is 17.2 Å². The number of hydrogen-bond donors (Lipinski definition) is 1. The molecule has 1 unspecified atom stereocenters. The Labute approximate surface area is 243 Å². The van der Waals surface area contributed by atoms with Crippen molar-refractivity contribution in [3.63, 3.8) is 0 Å². The van der Waals surface area contributed by atoms with Crippen LogP contribution in [0.5, 0.6) is 0 Å². The first-order chi connectivity index (χ1) is 19.3. The van der Waals surface area contributed by atoms with E-state index in [1.807, 2.05) is 13.8 Å². The van der Waals surface area contributed by atoms with Crippen LogP contribution in [-0.2, 0) is 20.2 Å². The van der Waals surface area contributed by atoms with E-state index in [1.165, 1.54) is 29.4 Å². The van der Waals surface area contributed by atoms with Crippen LogP contribution in [0.15, 0.2) is 65.6 Å². The van der Waals surface area contributed by atoms with Crippen molar-refractivity contribution in [1.82, 2.24) is 4.90 Å². The number of amides is 2. The summed E-state index contributed by atoms with van der Waals surface area (Å²) >= 11 is 6.14. The Morgan fingerprint density at radius 3 is 2.22 bits per heavy atom. The second-order valence-corrected chi connectivity index (χ2v) is 13.1. The van der Waals surface area contributed by atoms with Crippen molar-refractivity contribution in [2.45, 2.75) is 50.0 Å². The van der Waals surface area contributed by atoms with Crippen molar-refractivity contribution in [1.29, 1.82) is 0 Å². The number of nitrogens with zero attached hydrogens (tertiary/aromatic N) is 2. The van der Waals surface area contributed by atoms with Crippen LogP contribution >= 0.6 is 11.6 Å². The zero-order valence-electron chi connectivity index (χ0n) is 22.8. The van der Waals surface area contributed by atoms with Crippen LogP contribution < -0.4 is 9.62 Å². The van der Waals surface area contributed by atoms with Crippen LogP contribution in [0.25, 0.3) is 0 Å². The summed E-state index contributed by atoms with van der Waals surface area (Å²) < 4.78 is 57.3. The van der Waals surface area contributed by atoms with Gasteiger partial charge in [-0.15, -0.1) is 0 Å². The van der Waals surface area contributed by atoms with Gasteiger partial charge in [-0.1, -0.05) is 25.4 Å². The average molecular weight is 602 g/mol. The lowest BCUT2D eigenvalue weighted by molar-refractivity contribution is -0.130. The van der Waals surface area contributed by atoms with Gasteiger partial charge in [0.15, 0.2) is 0 Å². The standard InChI is InChI=1S/C30H30ClF2N3O4S/c1-18(2)28-30(12-14-35(15-13-30)19(3)37)25-17-22(34-29(38)24-16-21(33)6-10-26(24)31)7-11-27(25)36(28)41(39,40)23-8-4-20(32)5-9-23/h4-11,16-18,28H,12-15H2,1-3H3,(H,34,38). The summed E-state index contributed by atoms with van der Waals surface area (Å²) in [6, 6.07) is 12.8. The fourth-order valence-corrected chi connectivity index (χ4v) is 8.37. The third-order valence-corrected chi connectivity index (χ3v) is 10.3. The molecule has 216 valence electrons. The number of carbonyl (C=O) groups is 2. The van der Waals surface area contributed by atoms with Crippen LogP contribution in [-0.4, -0.2) is 44.3 Å². The molecule has 0 aliphatic carbocycles. The molecule has 3 aromatic rings. The molecule has 0 radical (unpaired) electrons. The zero-order chi connectivity index (χ0) is 29.7. The molecule has 11 heteroatoms. The molecule has 3 aromatic carbocycles. The van der Waals surface area contributed by atoms with Gasteiger partial charge in [-0.2, -0.15) is 0 Å². The predicted molar refractivity (Wildman–Crippen MR) is 154 cm³/mol. The minimum absolute atomic E-state index is 0.0304. The molecule has 7 nitrogen and oxygen atoms in total. The van der Waals surface area contributed by atoms with Crippen molar-refractivity contribution in [2.75, 3.05) is 22.7 Å². The number of fused-ring (bicyclic) bond motifs is 2. The van der Waals surface area contributed by atoms with Gasteiger partial charge in [-0.05, 0) is 85.0 Å². The first-order valence-corrected chi connectivity index (χ1v) is 15.1. The molecule has 41 heavy (non-hydrogen) atoms. The number of halogens is 3. The molecule has 1 saturated heterocycles. The minimum Gasteiger partial charge on any atom is -0.343 e. The highest BCUT2D eigenvalue weighted by molar-refractivity contribution is 7.92. The van der Waals surface area contributed by atoms with Crippen LogP contribution in [0.2, 0.25) is 5.02 Å². The summed E-state index contributed by atoms with van der Waals surface area (Å²) in [5.74, 6) is -1.94. The Hall–Kier alpha value is -3.50. The molecule has 2 aliphatic rings. The monoisotopic (exact) mass is 601 g/mol. The molecule has 1 spiro atoms. The van der Waals surface area contributed by atoms with Gasteiger partial charge < -0.3 is 10.2 Å². The average Bonchev–Trinajstić information content (AvgIpc) is 3.20. The van der Waals surface area contributed by atoms with Crippen molar-refractivity contribution < 1.29 is 26.8 Å². The van der Waals surface area contributed by atoms with Crippen molar-refractivity contribution >= 4 is 44.8 Å². The molecular formula is C30H30ClF2N3O4S. The zero-order valence-corrected chi connectivity index (χ0v) is 24.4.